The van der Waals surface area contributed by atoms with E-state index >= 15 is 0 Å². The quantitative estimate of drug-likeness (QED) is 0.778. The van der Waals surface area contributed by atoms with Gasteiger partial charge in [0.25, 0.3) is 0 Å². The summed E-state index contributed by atoms with van der Waals surface area (Å²) in [5.74, 6) is 0. The van der Waals surface area contributed by atoms with Crippen LogP contribution in [0.3, 0.4) is 0 Å². The highest BCUT2D eigenvalue weighted by Crippen LogP contribution is 2.18. The van der Waals surface area contributed by atoms with Crippen LogP contribution in [0.25, 0.3) is 0 Å². The van der Waals surface area contributed by atoms with Gasteiger partial charge in [-0.1, -0.05) is 6.92 Å². The van der Waals surface area contributed by atoms with E-state index in [1.54, 1.807) is 4.31 Å². The molecule has 0 aliphatic carbocycles. The molecule has 0 spiro atoms. The van der Waals surface area contributed by atoms with Crippen molar-refractivity contribution in [2.75, 3.05) is 26.4 Å². The summed E-state index contributed by atoms with van der Waals surface area (Å²) in [7, 11) is -1.01. The first-order valence-electron chi connectivity index (χ1n) is 7.07. The molecular formula is C13H24N4O2S. The molecule has 114 valence electrons. The van der Waals surface area contributed by atoms with Crippen LogP contribution < -0.4 is 0 Å². The summed E-state index contributed by atoms with van der Waals surface area (Å²) in [4.78, 5) is 2.22. The van der Waals surface area contributed by atoms with E-state index in [1.807, 2.05) is 17.9 Å². The van der Waals surface area contributed by atoms with Crippen LogP contribution >= 0.6 is 0 Å². The number of likely N-dealkylation sites (N-methyl/N-ethyl adjacent to an activating group) is 1. The van der Waals surface area contributed by atoms with E-state index in [-0.39, 0.29) is 0 Å². The third-order valence-electron chi connectivity index (χ3n) is 3.79. The lowest BCUT2D eigenvalue weighted by Gasteiger charge is -2.23. The molecule has 0 amide bonds. The number of hydrogen-bond donors (Lipinski definition) is 0. The molecule has 1 aromatic heterocycles. The highest BCUT2D eigenvalue weighted by molar-refractivity contribution is 7.88. The van der Waals surface area contributed by atoms with Crippen LogP contribution in [0.4, 0.5) is 0 Å². The fourth-order valence-corrected chi connectivity index (χ4v) is 3.51. The van der Waals surface area contributed by atoms with Gasteiger partial charge in [-0.05, 0) is 19.9 Å². The Morgan fingerprint density at radius 2 is 2.25 bits per heavy atom. The van der Waals surface area contributed by atoms with E-state index in [9.17, 15) is 8.42 Å². The highest BCUT2D eigenvalue weighted by atomic mass is 32.2. The summed E-state index contributed by atoms with van der Waals surface area (Å²) in [5.41, 5.74) is 1.18. The molecule has 2 heterocycles. The van der Waals surface area contributed by atoms with Crippen molar-refractivity contribution in [3.8, 4) is 0 Å². The molecule has 0 aromatic carbocycles. The zero-order valence-electron chi connectivity index (χ0n) is 12.5. The Bertz CT molecular complexity index is 540. The van der Waals surface area contributed by atoms with Gasteiger partial charge in [0.2, 0.25) is 10.0 Å². The summed E-state index contributed by atoms with van der Waals surface area (Å²) < 4.78 is 26.6. The molecule has 1 saturated heterocycles. The first-order valence-corrected chi connectivity index (χ1v) is 8.91. The van der Waals surface area contributed by atoms with Gasteiger partial charge in [-0.15, -0.1) is 0 Å². The first-order chi connectivity index (χ1) is 9.40. The molecule has 0 N–H and O–H groups in total. The summed E-state index contributed by atoms with van der Waals surface area (Å²) in [6.07, 6.45) is 7.22. The van der Waals surface area contributed by atoms with Gasteiger partial charge in [-0.3, -0.25) is 9.58 Å². The Balaban J connectivity index is 1.90. The summed E-state index contributed by atoms with van der Waals surface area (Å²) >= 11 is 0. The molecule has 20 heavy (non-hydrogen) atoms. The van der Waals surface area contributed by atoms with Crippen molar-refractivity contribution >= 4 is 10.0 Å². The Labute approximate surface area is 121 Å². The van der Waals surface area contributed by atoms with Gasteiger partial charge < -0.3 is 0 Å². The van der Waals surface area contributed by atoms with Crippen molar-refractivity contribution in [3.63, 3.8) is 0 Å². The minimum Gasteiger partial charge on any atom is -0.298 e. The second-order valence-electron chi connectivity index (χ2n) is 5.59. The Morgan fingerprint density at radius 1 is 1.50 bits per heavy atom. The van der Waals surface area contributed by atoms with Crippen LogP contribution in [0.1, 0.15) is 25.3 Å². The van der Waals surface area contributed by atoms with E-state index < -0.39 is 10.0 Å². The smallest absolute Gasteiger partial charge is 0.211 e. The van der Waals surface area contributed by atoms with Crippen molar-refractivity contribution < 1.29 is 8.42 Å². The second-order valence-corrected chi connectivity index (χ2v) is 7.57. The molecule has 6 nitrogen and oxygen atoms in total. The average molecular weight is 300 g/mol. The maximum absolute atomic E-state index is 11.5. The van der Waals surface area contributed by atoms with Crippen LogP contribution in [0.2, 0.25) is 0 Å². The summed E-state index contributed by atoms with van der Waals surface area (Å²) in [6, 6.07) is 0.291. The van der Waals surface area contributed by atoms with Crippen LogP contribution in [-0.4, -0.2) is 59.8 Å². The standard InChI is InChI=1S/C13H24N4O2S/c1-4-6-16-10-12(8-14-16)9-15(2)13-5-7-17(11-13)20(3,18)19/h8,10,13H,4-7,9,11H2,1-3H3/t13-/m0/s1. The van der Waals surface area contributed by atoms with Gasteiger partial charge in [0, 0.05) is 44.0 Å². The summed E-state index contributed by atoms with van der Waals surface area (Å²) in [5, 5.41) is 4.32. The Morgan fingerprint density at radius 3 is 2.85 bits per heavy atom. The monoisotopic (exact) mass is 300 g/mol. The van der Waals surface area contributed by atoms with Crippen molar-refractivity contribution in [2.24, 2.45) is 0 Å². The van der Waals surface area contributed by atoms with Crippen LogP contribution in [0.5, 0.6) is 0 Å². The molecule has 0 bridgehead atoms. The number of nitrogens with zero attached hydrogens (tertiary/aromatic N) is 4. The fourth-order valence-electron chi connectivity index (χ4n) is 2.63. The Hall–Kier alpha value is -0.920. The highest BCUT2D eigenvalue weighted by Gasteiger charge is 2.30. The van der Waals surface area contributed by atoms with E-state index in [2.05, 4.69) is 23.1 Å². The minimum absolute atomic E-state index is 0.291. The molecule has 1 aromatic rings. The number of rotatable bonds is 6. The minimum atomic E-state index is -3.05. The number of aryl methyl sites for hydroxylation is 1. The lowest BCUT2D eigenvalue weighted by molar-refractivity contribution is 0.242. The lowest BCUT2D eigenvalue weighted by Crippen LogP contribution is -2.35. The second kappa shape index (κ2) is 6.24. The van der Waals surface area contributed by atoms with Crippen molar-refractivity contribution in [2.45, 2.75) is 38.9 Å². The van der Waals surface area contributed by atoms with E-state index in [0.717, 1.165) is 25.9 Å². The van der Waals surface area contributed by atoms with Gasteiger partial charge in [-0.25, -0.2) is 12.7 Å². The van der Waals surface area contributed by atoms with Crippen LogP contribution in [-0.2, 0) is 23.1 Å². The zero-order chi connectivity index (χ0) is 14.8. The zero-order valence-corrected chi connectivity index (χ0v) is 13.3. The van der Waals surface area contributed by atoms with E-state index in [1.165, 1.54) is 11.8 Å². The van der Waals surface area contributed by atoms with Crippen molar-refractivity contribution in [1.29, 1.82) is 0 Å². The Kier molecular flexibility index (Phi) is 4.82. The largest absolute Gasteiger partial charge is 0.298 e. The van der Waals surface area contributed by atoms with Crippen LogP contribution in [0.15, 0.2) is 12.4 Å². The van der Waals surface area contributed by atoms with Crippen molar-refractivity contribution in [3.05, 3.63) is 18.0 Å². The predicted octanol–water partition coefficient (Wildman–Crippen LogP) is 0.759. The summed E-state index contributed by atoms with van der Waals surface area (Å²) in [6.45, 7) is 5.11. The molecule has 1 fully saturated rings. The predicted molar refractivity (Wildman–Crippen MR) is 78.8 cm³/mol. The molecule has 1 atom stereocenters. The van der Waals surface area contributed by atoms with Gasteiger partial charge in [0.05, 0.1) is 12.5 Å². The topological polar surface area (TPSA) is 58.4 Å². The first kappa shape index (κ1) is 15.5. The number of hydrogen-bond acceptors (Lipinski definition) is 4. The fraction of sp³-hybridized carbons (Fsp3) is 0.769. The van der Waals surface area contributed by atoms with Gasteiger partial charge in [0.15, 0.2) is 0 Å². The van der Waals surface area contributed by atoms with Crippen molar-refractivity contribution in [1.82, 2.24) is 19.0 Å². The molecular weight excluding hydrogens is 276 g/mol. The molecule has 0 unspecified atom stereocenters. The number of sulfonamides is 1. The molecule has 2 rings (SSSR count). The molecule has 7 heteroatoms. The lowest BCUT2D eigenvalue weighted by atomic mass is 10.2. The van der Waals surface area contributed by atoms with Gasteiger partial charge in [-0.2, -0.15) is 5.10 Å². The molecule has 1 aliphatic heterocycles. The molecule has 0 saturated carbocycles. The molecule has 1 aliphatic rings. The van der Waals surface area contributed by atoms with Gasteiger partial charge >= 0.3 is 0 Å². The normalized spacial score (nSPS) is 20.9. The maximum Gasteiger partial charge on any atom is 0.211 e. The number of aromatic nitrogens is 2. The third kappa shape index (κ3) is 3.80. The average Bonchev–Trinajstić information content (AvgIpc) is 2.97. The molecule has 0 radical (unpaired) electrons. The van der Waals surface area contributed by atoms with Gasteiger partial charge in [0.1, 0.15) is 0 Å². The SMILES string of the molecule is CCCn1cc(CN(C)[C@H]2CCN(S(C)(=O)=O)C2)cn1. The van der Waals surface area contributed by atoms with E-state index in [4.69, 9.17) is 0 Å². The van der Waals surface area contributed by atoms with E-state index in [0.29, 0.717) is 19.1 Å². The third-order valence-corrected chi connectivity index (χ3v) is 5.06. The maximum atomic E-state index is 11.5. The van der Waals surface area contributed by atoms with Crippen LogP contribution in [0, 0.1) is 0 Å².